The zero-order valence-electron chi connectivity index (χ0n) is 12.2. The molecule has 110 valence electrons. The first-order valence-electron chi connectivity index (χ1n) is 7.69. The maximum Gasteiger partial charge on any atom is 0.263 e. The predicted octanol–water partition coefficient (Wildman–Crippen LogP) is 2.86. The summed E-state index contributed by atoms with van der Waals surface area (Å²) < 4.78 is 0. The molecule has 3 nitrogen and oxygen atoms in total. The van der Waals surface area contributed by atoms with Gasteiger partial charge in [0.25, 0.3) is 5.91 Å². The van der Waals surface area contributed by atoms with E-state index >= 15 is 0 Å². The van der Waals surface area contributed by atoms with E-state index in [1.165, 1.54) is 16.9 Å². The molecular formula is C16H23NO2S. The highest BCUT2D eigenvalue weighted by molar-refractivity contribution is 7.14. The summed E-state index contributed by atoms with van der Waals surface area (Å²) in [5, 5.41) is 9.56. The highest BCUT2D eigenvalue weighted by Crippen LogP contribution is 2.36. The summed E-state index contributed by atoms with van der Waals surface area (Å²) in [4.78, 5) is 16.9. The molecule has 1 aliphatic heterocycles. The summed E-state index contributed by atoms with van der Waals surface area (Å²) in [6, 6.07) is 2.11. The monoisotopic (exact) mass is 293 g/mol. The Morgan fingerprint density at radius 1 is 1.40 bits per heavy atom. The van der Waals surface area contributed by atoms with Gasteiger partial charge in [-0.1, -0.05) is 6.92 Å². The number of nitrogens with zero attached hydrogens (tertiary/aromatic N) is 1. The van der Waals surface area contributed by atoms with Gasteiger partial charge in [0.1, 0.15) is 0 Å². The van der Waals surface area contributed by atoms with Crippen LogP contribution in [0.25, 0.3) is 0 Å². The molecule has 1 aliphatic carbocycles. The number of hydrogen-bond acceptors (Lipinski definition) is 3. The van der Waals surface area contributed by atoms with E-state index in [-0.39, 0.29) is 17.9 Å². The Labute approximate surface area is 124 Å². The second-order valence-electron chi connectivity index (χ2n) is 6.22. The van der Waals surface area contributed by atoms with Gasteiger partial charge in [-0.2, -0.15) is 0 Å². The maximum atomic E-state index is 12.6. The van der Waals surface area contributed by atoms with Crippen molar-refractivity contribution in [3.8, 4) is 0 Å². The van der Waals surface area contributed by atoms with Crippen LogP contribution in [0.2, 0.25) is 0 Å². The minimum Gasteiger partial charge on any atom is -0.396 e. The van der Waals surface area contributed by atoms with Crippen LogP contribution in [0.3, 0.4) is 0 Å². The molecule has 0 saturated carbocycles. The van der Waals surface area contributed by atoms with Crippen LogP contribution in [0, 0.1) is 5.41 Å². The molecule has 2 heterocycles. The van der Waals surface area contributed by atoms with Crippen LogP contribution in [0.4, 0.5) is 0 Å². The first kappa shape index (κ1) is 14.1. The SMILES string of the molecule is CCC1(CO)CCN(C(=O)c2cc3c(s2)CCC3)CC1. The number of fused-ring (bicyclic) bond motifs is 1. The van der Waals surface area contributed by atoms with Gasteiger partial charge in [0.15, 0.2) is 0 Å². The van der Waals surface area contributed by atoms with Crippen molar-refractivity contribution in [3.05, 3.63) is 21.4 Å². The molecule has 0 bridgehead atoms. The highest BCUT2D eigenvalue weighted by Gasteiger charge is 2.34. The zero-order valence-corrected chi connectivity index (χ0v) is 13.0. The fourth-order valence-electron chi connectivity index (χ4n) is 3.40. The molecule has 0 unspecified atom stereocenters. The summed E-state index contributed by atoms with van der Waals surface area (Å²) in [7, 11) is 0. The number of carbonyl (C=O) groups is 1. The molecule has 1 saturated heterocycles. The molecule has 1 amide bonds. The lowest BCUT2D eigenvalue weighted by Gasteiger charge is -2.40. The van der Waals surface area contributed by atoms with Crippen molar-refractivity contribution < 1.29 is 9.90 Å². The lowest BCUT2D eigenvalue weighted by Crippen LogP contribution is -2.44. The first-order valence-corrected chi connectivity index (χ1v) is 8.51. The number of rotatable bonds is 3. The van der Waals surface area contributed by atoms with E-state index in [1.54, 1.807) is 11.3 Å². The van der Waals surface area contributed by atoms with Gasteiger partial charge >= 0.3 is 0 Å². The van der Waals surface area contributed by atoms with E-state index < -0.39 is 0 Å². The fourth-order valence-corrected chi connectivity index (χ4v) is 4.62. The van der Waals surface area contributed by atoms with Gasteiger partial charge in [0.05, 0.1) is 4.88 Å². The van der Waals surface area contributed by atoms with Crippen LogP contribution < -0.4 is 0 Å². The number of hydrogen-bond donors (Lipinski definition) is 1. The Bertz CT molecular complexity index is 473. The minimum atomic E-state index is 0.0496. The second kappa shape index (κ2) is 5.49. The fraction of sp³-hybridized carbons (Fsp3) is 0.688. The smallest absolute Gasteiger partial charge is 0.263 e. The summed E-state index contributed by atoms with van der Waals surface area (Å²) >= 11 is 1.69. The molecule has 1 N–H and O–H groups in total. The number of carbonyl (C=O) groups excluding carboxylic acids is 1. The Balaban J connectivity index is 1.67. The van der Waals surface area contributed by atoms with Crippen molar-refractivity contribution in [2.75, 3.05) is 19.7 Å². The quantitative estimate of drug-likeness (QED) is 0.931. The van der Waals surface area contributed by atoms with Crippen molar-refractivity contribution in [2.24, 2.45) is 5.41 Å². The third-order valence-electron chi connectivity index (χ3n) is 5.15. The van der Waals surface area contributed by atoms with Crippen LogP contribution >= 0.6 is 11.3 Å². The number of aryl methyl sites for hydroxylation is 2. The third kappa shape index (κ3) is 2.40. The average Bonchev–Trinajstić information content (AvgIpc) is 3.08. The summed E-state index contributed by atoms with van der Waals surface area (Å²) in [5.74, 6) is 0.201. The van der Waals surface area contributed by atoms with E-state index in [4.69, 9.17) is 0 Å². The van der Waals surface area contributed by atoms with Gasteiger partial charge in [0, 0.05) is 24.6 Å². The standard InChI is InChI=1S/C16H23NO2S/c1-2-16(11-18)6-8-17(9-7-16)15(19)14-10-12-4-3-5-13(12)20-14/h10,18H,2-9,11H2,1H3. The van der Waals surface area contributed by atoms with Gasteiger partial charge in [-0.25, -0.2) is 0 Å². The van der Waals surface area contributed by atoms with E-state index in [0.29, 0.717) is 0 Å². The first-order chi connectivity index (χ1) is 9.67. The lowest BCUT2D eigenvalue weighted by molar-refractivity contribution is 0.0341. The second-order valence-corrected chi connectivity index (χ2v) is 7.35. The largest absolute Gasteiger partial charge is 0.396 e. The normalized spacial score (nSPS) is 21.0. The van der Waals surface area contributed by atoms with Crippen LogP contribution in [0.1, 0.15) is 52.7 Å². The van der Waals surface area contributed by atoms with Gasteiger partial charge in [-0.3, -0.25) is 4.79 Å². The molecule has 0 atom stereocenters. The van der Waals surface area contributed by atoms with Crippen molar-refractivity contribution in [1.82, 2.24) is 4.90 Å². The molecule has 4 heteroatoms. The Hall–Kier alpha value is -0.870. The Morgan fingerprint density at radius 3 is 2.75 bits per heavy atom. The van der Waals surface area contributed by atoms with Crippen LogP contribution in [0.5, 0.6) is 0 Å². The van der Waals surface area contributed by atoms with E-state index in [2.05, 4.69) is 13.0 Å². The molecule has 2 aliphatic rings. The van der Waals surface area contributed by atoms with E-state index in [0.717, 1.165) is 50.1 Å². The zero-order chi connectivity index (χ0) is 14.2. The van der Waals surface area contributed by atoms with Gasteiger partial charge in [-0.15, -0.1) is 11.3 Å². The number of thiophene rings is 1. The minimum absolute atomic E-state index is 0.0496. The van der Waals surface area contributed by atoms with Gasteiger partial charge in [-0.05, 0) is 55.6 Å². The summed E-state index contributed by atoms with van der Waals surface area (Å²) in [6.45, 7) is 3.96. The molecular weight excluding hydrogens is 270 g/mol. The van der Waals surface area contributed by atoms with Crippen LogP contribution in [-0.4, -0.2) is 35.6 Å². The number of amides is 1. The summed E-state index contributed by atoms with van der Waals surface area (Å²) in [6.07, 6.45) is 6.39. The third-order valence-corrected chi connectivity index (χ3v) is 6.38. The lowest BCUT2D eigenvalue weighted by atomic mass is 9.77. The van der Waals surface area contributed by atoms with Crippen LogP contribution in [0.15, 0.2) is 6.07 Å². The average molecular weight is 293 g/mol. The van der Waals surface area contributed by atoms with Crippen molar-refractivity contribution >= 4 is 17.2 Å². The molecule has 20 heavy (non-hydrogen) atoms. The Morgan fingerprint density at radius 2 is 2.15 bits per heavy atom. The number of piperidine rings is 1. The molecule has 0 radical (unpaired) electrons. The predicted molar refractivity (Wildman–Crippen MR) is 81.3 cm³/mol. The molecule has 0 aromatic carbocycles. The Kier molecular flexibility index (Phi) is 3.87. The van der Waals surface area contributed by atoms with Gasteiger partial charge in [0.2, 0.25) is 0 Å². The molecule has 1 fully saturated rings. The van der Waals surface area contributed by atoms with Gasteiger partial charge < -0.3 is 10.0 Å². The van der Waals surface area contributed by atoms with Crippen molar-refractivity contribution in [2.45, 2.75) is 45.4 Å². The van der Waals surface area contributed by atoms with Crippen molar-refractivity contribution in [3.63, 3.8) is 0 Å². The topological polar surface area (TPSA) is 40.5 Å². The molecule has 1 aromatic rings. The van der Waals surface area contributed by atoms with E-state index in [1.807, 2.05) is 4.90 Å². The van der Waals surface area contributed by atoms with Crippen molar-refractivity contribution in [1.29, 1.82) is 0 Å². The number of likely N-dealkylation sites (tertiary alicyclic amines) is 1. The molecule has 3 rings (SSSR count). The van der Waals surface area contributed by atoms with E-state index in [9.17, 15) is 9.90 Å². The number of aliphatic hydroxyl groups is 1. The maximum absolute atomic E-state index is 12.6. The highest BCUT2D eigenvalue weighted by atomic mass is 32.1. The van der Waals surface area contributed by atoms with Crippen LogP contribution in [-0.2, 0) is 12.8 Å². The molecule has 0 spiro atoms. The number of aliphatic hydroxyl groups excluding tert-OH is 1. The molecule has 1 aromatic heterocycles. The summed E-state index contributed by atoms with van der Waals surface area (Å²) in [5.41, 5.74) is 1.45.